The van der Waals surface area contributed by atoms with Gasteiger partial charge in [0.1, 0.15) is 5.82 Å². The summed E-state index contributed by atoms with van der Waals surface area (Å²) >= 11 is 0. The average Bonchev–Trinajstić information content (AvgIpc) is 2.39. The van der Waals surface area contributed by atoms with Gasteiger partial charge in [-0.25, -0.2) is 4.39 Å². The van der Waals surface area contributed by atoms with Crippen LogP contribution in [0.1, 0.15) is 18.5 Å². The molecule has 0 amide bonds. The summed E-state index contributed by atoms with van der Waals surface area (Å²) < 4.78 is 13.1. The van der Waals surface area contributed by atoms with Crippen molar-refractivity contribution in [1.82, 2.24) is 20.1 Å². The summed E-state index contributed by atoms with van der Waals surface area (Å²) in [5.41, 5.74) is 0.895. The van der Waals surface area contributed by atoms with Gasteiger partial charge in [0, 0.05) is 44.5 Å². The second-order valence-corrected chi connectivity index (χ2v) is 5.46. The second-order valence-electron chi connectivity index (χ2n) is 5.46. The predicted octanol–water partition coefficient (Wildman–Crippen LogP) is 1.12. The highest BCUT2D eigenvalue weighted by Crippen LogP contribution is 2.13. The molecule has 19 heavy (non-hydrogen) atoms. The van der Waals surface area contributed by atoms with Gasteiger partial charge in [0.2, 0.25) is 0 Å². The van der Waals surface area contributed by atoms with Gasteiger partial charge in [0.25, 0.3) is 0 Å². The van der Waals surface area contributed by atoms with E-state index in [1.165, 1.54) is 6.20 Å². The van der Waals surface area contributed by atoms with Crippen LogP contribution in [0.3, 0.4) is 0 Å². The molecule has 1 aliphatic rings. The van der Waals surface area contributed by atoms with Crippen LogP contribution in [0, 0.1) is 5.82 Å². The normalized spacial score (nSPS) is 23.5. The first-order valence-corrected chi connectivity index (χ1v) is 6.79. The van der Waals surface area contributed by atoms with E-state index in [-0.39, 0.29) is 11.9 Å². The monoisotopic (exact) mass is 266 g/mol. The minimum absolute atomic E-state index is 0.115. The van der Waals surface area contributed by atoms with Gasteiger partial charge in [-0.1, -0.05) is 0 Å². The molecule has 2 heterocycles. The Bertz CT molecular complexity index is 412. The summed E-state index contributed by atoms with van der Waals surface area (Å²) in [5.74, 6) is -0.277. The Morgan fingerprint density at radius 2 is 2.21 bits per heavy atom. The van der Waals surface area contributed by atoms with E-state index in [1.54, 1.807) is 12.3 Å². The molecule has 0 aromatic carbocycles. The van der Waals surface area contributed by atoms with Crippen molar-refractivity contribution in [2.75, 3.05) is 40.3 Å². The van der Waals surface area contributed by atoms with Crippen molar-refractivity contribution in [3.8, 4) is 0 Å². The van der Waals surface area contributed by atoms with Crippen LogP contribution in [0.4, 0.5) is 4.39 Å². The zero-order valence-corrected chi connectivity index (χ0v) is 11.9. The molecule has 2 unspecified atom stereocenters. The van der Waals surface area contributed by atoms with Crippen molar-refractivity contribution in [3.63, 3.8) is 0 Å². The molecule has 0 aliphatic carbocycles. The lowest BCUT2D eigenvalue weighted by Gasteiger charge is -2.38. The molecule has 1 aliphatic heterocycles. The number of hydrogen-bond donors (Lipinski definition) is 1. The first-order valence-electron chi connectivity index (χ1n) is 6.79. The fourth-order valence-electron chi connectivity index (χ4n) is 2.42. The lowest BCUT2D eigenvalue weighted by Crippen LogP contribution is -2.53. The van der Waals surface area contributed by atoms with Crippen molar-refractivity contribution in [2.45, 2.75) is 19.0 Å². The van der Waals surface area contributed by atoms with Crippen molar-refractivity contribution >= 4 is 0 Å². The van der Waals surface area contributed by atoms with Crippen LogP contribution >= 0.6 is 0 Å². The minimum atomic E-state index is -0.277. The number of nitrogens with zero attached hydrogens (tertiary/aromatic N) is 3. The molecule has 2 rings (SSSR count). The SMILES string of the molecule is CC(NCC1CN(C)CCN1C)c1cncc(F)c1. The van der Waals surface area contributed by atoms with Gasteiger partial charge >= 0.3 is 0 Å². The lowest BCUT2D eigenvalue weighted by atomic mass is 10.1. The number of hydrogen-bond acceptors (Lipinski definition) is 4. The molecule has 1 aromatic rings. The quantitative estimate of drug-likeness (QED) is 0.885. The zero-order chi connectivity index (χ0) is 13.8. The van der Waals surface area contributed by atoms with Crippen LogP contribution in [0.15, 0.2) is 18.5 Å². The minimum Gasteiger partial charge on any atom is -0.309 e. The second kappa shape index (κ2) is 6.41. The van der Waals surface area contributed by atoms with Gasteiger partial charge in [-0.05, 0) is 32.6 Å². The van der Waals surface area contributed by atoms with Crippen molar-refractivity contribution < 1.29 is 4.39 Å². The fraction of sp³-hybridized carbons (Fsp3) is 0.643. The first-order chi connectivity index (χ1) is 9.06. The Morgan fingerprint density at radius 1 is 1.42 bits per heavy atom. The third-order valence-electron chi connectivity index (χ3n) is 3.87. The van der Waals surface area contributed by atoms with Gasteiger partial charge in [0.15, 0.2) is 0 Å². The topological polar surface area (TPSA) is 31.4 Å². The van der Waals surface area contributed by atoms with Crippen LogP contribution in [0.25, 0.3) is 0 Å². The summed E-state index contributed by atoms with van der Waals surface area (Å²) in [4.78, 5) is 8.62. The van der Waals surface area contributed by atoms with E-state index in [1.807, 2.05) is 6.92 Å². The van der Waals surface area contributed by atoms with Crippen LogP contribution in [0.2, 0.25) is 0 Å². The van der Waals surface area contributed by atoms with Crippen LogP contribution in [0.5, 0.6) is 0 Å². The Labute approximate surface area is 114 Å². The van der Waals surface area contributed by atoms with E-state index in [9.17, 15) is 4.39 Å². The number of pyridine rings is 1. The molecule has 0 spiro atoms. The Hall–Kier alpha value is -1.04. The van der Waals surface area contributed by atoms with E-state index in [0.29, 0.717) is 6.04 Å². The van der Waals surface area contributed by atoms with E-state index in [0.717, 1.165) is 31.7 Å². The molecule has 0 radical (unpaired) electrons. The van der Waals surface area contributed by atoms with Crippen molar-refractivity contribution in [1.29, 1.82) is 0 Å². The molecular weight excluding hydrogens is 243 g/mol. The fourth-order valence-corrected chi connectivity index (χ4v) is 2.42. The summed E-state index contributed by atoms with van der Waals surface area (Å²) in [7, 11) is 4.31. The number of nitrogens with one attached hydrogen (secondary N) is 1. The maximum atomic E-state index is 13.1. The highest BCUT2D eigenvalue weighted by atomic mass is 19.1. The molecule has 1 saturated heterocycles. The molecule has 1 fully saturated rings. The van der Waals surface area contributed by atoms with Crippen LogP contribution in [-0.2, 0) is 0 Å². The lowest BCUT2D eigenvalue weighted by molar-refractivity contribution is 0.112. The predicted molar refractivity (Wildman–Crippen MR) is 74.5 cm³/mol. The summed E-state index contributed by atoms with van der Waals surface area (Å²) in [5, 5.41) is 3.47. The largest absolute Gasteiger partial charge is 0.309 e. The Kier molecular flexibility index (Phi) is 4.85. The van der Waals surface area contributed by atoms with Gasteiger partial charge in [-0.2, -0.15) is 0 Å². The molecule has 0 bridgehead atoms. The summed E-state index contributed by atoms with van der Waals surface area (Å²) in [6.45, 7) is 6.23. The smallest absolute Gasteiger partial charge is 0.141 e. The summed E-state index contributed by atoms with van der Waals surface area (Å²) in [6.07, 6.45) is 2.96. The number of halogens is 1. The first kappa shape index (κ1) is 14.4. The van der Waals surface area contributed by atoms with Gasteiger partial charge in [-0.3, -0.25) is 9.88 Å². The van der Waals surface area contributed by atoms with Crippen LogP contribution < -0.4 is 5.32 Å². The van der Waals surface area contributed by atoms with Crippen molar-refractivity contribution in [3.05, 3.63) is 29.8 Å². The molecule has 106 valence electrons. The highest BCUT2D eigenvalue weighted by Gasteiger charge is 2.22. The van der Waals surface area contributed by atoms with Crippen LogP contribution in [-0.4, -0.2) is 61.1 Å². The van der Waals surface area contributed by atoms with Gasteiger partial charge in [-0.15, -0.1) is 0 Å². The zero-order valence-electron chi connectivity index (χ0n) is 11.9. The van der Waals surface area contributed by atoms with Crippen molar-refractivity contribution in [2.24, 2.45) is 0 Å². The number of aromatic nitrogens is 1. The average molecular weight is 266 g/mol. The Balaban J connectivity index is 1.87. The number of likely N-dealkylation sites (N-methyl/N-ethyl adjacent to an activating group) is 2. The molecule has 0 saturated carbocycles. The highest BCUT2D eigenvalue weighted by molar-refractivity contribution is 5.14. The number of piperazine rings is 1. The van der Waals surface area contributed by atoms with Gasteiger partial charge in [0.05, 0.1) is 6.20 Å². The Morgan fingerprint density at radius 3 is 2.95 bits per heavy atom. The van der Waals surface area contributed by atoms with E-state index >= 15 is 0 Å². The maximum Gasteiger partial charge on any atom is 0.141 e. The van der Waals surface area contributed by atoms with E-state index < -0.39 is 0 Å². The molecule has 4 nitrogen and oxygen atoms in total. The van der Waals surface area contributed by atoms with E-state index in [2.05, 4.69) is 34.2 Å². The third kappa shape index (κ3) is 3.96. The molecule has 2 atom stereocenters. The molecular formula is C14H23FN4. The number of rotatable bonds is 4. The molecule has 5 heteroatoms. The summed E-state index contributed by atoms with van der Waals surface area (Å²) in [6, 6.07) is 2.16. The van der Waals surface area contributed by atoms with E-state index in [4.69, 9.17) is 0 Å². The molecule has 1 aromatic heterocycles. The molecule has 1 N–H and O–H groups in total. The third-order valence-corrected chi connectivity index (χ3v) is 3.87. The standard InChI is InChI=1S/C14H23FN4/c1-11(12-6-13(15)8-16-7-12)17-9-14-10-18(2)4-5-19(14)3/h6-8,11,14,17H,4-5,9-10H2,1-3H3. The van der Waals surface area contributed by atoms with Gasteiger partial charge < -0.3 is 10.2 Å². The maximum absolute atomic E-state index is 13.1.